The van der Waals surface area contributed by atoms with Crippen LogP contribution in [-0.4, -0.2) is 18.2 Å². The van der Waals surface area contributed by atoms with Crippen LogP contribution in [-0.2, 0) is 9.59 Å². The molecule has 2 heterocycles. The van der Waals surface area contributed by atoms with Gasteiger partial charge in [0.15, 0.2) is 5.78 Å². The van der Waals surface area contributed by atoms with Crippen LogP contribution in [0.3, 0.4) is 0 Å². The Morgan fingerprint density at radius 3 is 2.73 bits per heavy atom. The SMILES string of the molecule is Cc1ccc(NC(=O)CN2c3ccccc3NC3=C(C(=O)CCC3)C2c2ccco2)cc1C. The molecule has 1 atom stereocenters. The molecule has 1 aliphatic heterocycles. The molecule has 33 heavy (non-hydrogen) atoms. The molecule has 2 aliphatic rings. The number of aryl methyl sites for hydroxylation is 2. The highest BCUT2D eigenvalue weighted by Gasteiger charge is 2.38. The summed E-state index contributed by atoms with van der Waals surface area (Å²) in [6, 6.07) is 17.0. The van der Waals surface area contributed by atoms with Gasteiger partial charge in [0.1, 0.15) is 11.8 Å². The van der Waals surface area contributed by atoms with Crippen LogP contribution < -0.4 is 15.5 Å². The zero-order chi connectivity index (χ0) is 22.9. The Bertz CT molecular complexity index is 1240. The number of para-hydroxylation sites is 2. The second kappa shape index (κ2) is 8.62. The number of ketones is 1. The Morgan fingerprint density at radius 2 is 1.94 bits per heavy atom. The number of carbonyl (C=O) groups is 2. The Morgan fingerprint density at radius 1 is 1.09 bits per heavy atom. The zero-order valence-electron chi connectivity index (χ0n) is 18.9. The van der Waals surface area contributed by atoms with Crippen LogP contribution in [0, 0.1) is 13.8 Å². The van der Waals surface area contributed by atoms with Crippen molar-refractivity contribution in [2.45, 2.75) is 39.2 Å². The van der Waals surface area contributed by atoms with E-state index in [1.54, 1.807) is 6.26 Å². The smallest absolute Gasteiger partial charge is 0.243 e. The van der Waals surface area contributed by atoms with Crippen LogP contribution in [0.2, 0.25) is 0 Å². The van der Waals surface area contributed by atoms with E-state index < -0.39 is 6.04 Å². The fourth-order valence-corrected chi connectivity index (χ4v) is 4.69. The van der Waals surface area contributed by atoms with Crippen molar-refractivity contribution >= 4 is 28.8 Å². The van der Waals surface area contributed by atoms with Gasteiger partial charge in [0.05, 0.1) is 24.2 Å². The molecule has 2 N–H and O–H groups in total. The van der Waals surface area contributed by atoms with E-state index in [-0.39, 0.29) is 18.2 Å². The van der Waals surface area contributed by atoms with Crippen molar-refractivity contribution in [1.29, 1.82) is 0 Å². The molecule has 0 saturated heterocycles. The number of anilines is 3. The van der Waals surface area contributed by atoms with Gasteiger partial charge in [0, 0.05) is 23.4 Å². The van der Waals surface area contributed by atoms with Gasteiger partial charge in [0.2, 0.25) is 5.91 Å². The maximum absolute atomic E-state index is 13.3. The Labute approximate surface area is 193 Å². The Balaban J connectivity index is 1.56. The van der Waals surface area contributed by atoms with E-state index in [9.17, 15) is 9.59 Å². The van der Waals surface area contributed by atoms with Crippen molar-refractivity contribution < 1.29 is 14.0 Å². The number of nitrogens with zero attached hydrogens (tertiary/aromatic N) is 1. The number of benzene rings is 2. The van der Waals surface area contributed by atoms with Gasteiger partial charge in [-0.05, 0) is 74.2 Å². The number of allylic oxidation sites excluding steroid dienone is 1. The number of rotatable bonds is 4. The molecule has 6 nitrogen and oxygen atoms in total. The minimum Gasteiger partial charge on any atom is -0.467 e. The van der Waals surface area contributed by atoms with E-state index in [1.165, 1.54) is 5.56 Å². The Kier molecular flexibility index (Phi) is 5.50. The van der Waals surface area contributed by atoms with Gasteiger partial charge >= 0.3 is 0 Å². The molecule has 0 saturated carbocycles. The predicted octanol–water partition coefficient (Wildman–Crippen LogP) is 5.52. The molecule has 0 radical (unpaired) electrons. The molecule has 0 spiro atoms. The van der Waals surface area contributed by atoms with Crippen LogP contribution in [0.5, 0.6) is 0 Å². The summed E-state index contributed by atoms with van der Waals surface area (Å²) in [5.74, 6) is 0.588. The fourth-order valence-electron chi connectivity index (χ4n) is 4.69. The lowest BCUT2D eigenvalue weighted by Gasteiger charge is -2.33. The van der Waals surface area contributed by atoms with Gasteiger partial charge in [-0.1, -0.05) is 18.2 Å². The van der Waals surface area contributed by atoms with Crippen LogP contribution >= 0.6 is 0 Å². The van der Waals surface area contributed by atoms with Gasteiger partial charge in [-0.2, -0.15) is 0 Å². The number of fused-ring (bicyclic) bond motifs is 1. The fraction of sp³-hybridized carbons (Fsp3) is 0.259. The molecule has 1 aliphatic carbocycles. The highest BCUT2D eigenvalue weighted by molar-refractivity contribution is 6.02. The molecular formula is C27H27N3O3. The number of amides is 1. The van der Waals surface area contributed by atoms with Gasteiger partial charge in [-0.3, -0.25) is 9.59 Å². The first kappa shape index (κ1) is 21.1. The van der Waals surface area contributed by atoms with Crippen molar-refractivity contribution in [2.24, 2.45) is 0 Å². The lowest BCUT2D eigenvalue weighted by atomic mass is 9.88. The summed E-state index contributed by atoms with van der Waals surface area (Å²) in [7, 11) is 0. The van der Waals surface area contributed by atoms with E-state index >= 15 is 0 Å². The summed E-state index contributed by atoms with van der Waals surface area (Å²) >= 11 is 0. The molecule has 1 unspecified atom stereocenters. The number of furan rings is 1. The standard InChI is InChI=1S/C27H27N3O3/c1-17-12-13-19(15-18(17)2)28-25(32)16-30-22-9-4-3-7-20(22)29-21-8-5-10-23(31)26(21)27(30)24-11-6-14-33-24/h3-4,6-7,9,11-15,27,29H,5,8,10,16H2,1-2H3,(H,28,32). The third-order valence-corrected chi connectivity index (χ3v) is 6.46. The lowest BCUT2D eigenvalue weighted by Crippen LogP contribution is -2.38. The topological polar surface area (TPSA) is 74.6 Å². The van der Waals surface area contributed by atoms with Crippen LogP contribution in [0.25, 0.3) is 0 Å². The van der Waals surface area contributed by atoms with Gasteiger partial charge in [-0.15, -0.1) is 0 Å². The second-order valence-electron chi connectivity index (χ2n) is 8.70. The molecule has 3 aromatic rings. The van der Waals surface area contributed by atoms with Gasteiger partial charge in [-0.25, -0.2) is 0 Å². The number of nitrogens with one attached hydrogen (secondary N) is 2. The number of carbonyl (C=O) groups excluding carboxylic acids is 2. The van der Waals surface area contributed by atoms with E-state index in [1.807, 2.05) is 73.3 Å². The molecule has 1 amide bonds. The van der Waals surface area contributed by atoms with Crippen molar-refractivity contribution in [1.82, 2.24) is 0 Å². The van der Waals surface area contributed by atoms with E-state index in [0.717, 1.165) is 41.2 Å². The highest BCUT2D eigenvalue weighted by atomic mass is 16.3. The quantitative estimate of drug-likeness (QED) is 0.558. The molecule has 5 rings (SSSR count). The number of hydrogen-bond acceptors (Lipinski definition) is 5. The van der Waals surface area contributed by atoms with Gasteiger partial charge in [0.25, 0.3) is 0 Å². The van der Waals surface area contributed by atoms with Crippen LogP contribution in [0.15, 0.2) is 76.5 Å². The van der Waals surface area contributed by atoms with Crippen molar-refractivity contribution in [3.63, 3.8) is 0 Å². The van der Waals surface area contributed by atoms with E-state index in [0.29, 0.717) is 17.8 Å². The summed E-state index contributed by atoms with van der Waals surface area (Å²) in [6.07, 6.45) is 3.71. The normalized spacial score (nSPS) is 17.7. The van der Waals surface area contributed by atoms with E-state index in [4.69, 9.17) is 4.42 Å². The maximum atomic E-state index is 13.3. The summed E-state index contributed by atoms with van der Waals surface area (Å²) in [5.41, 5.74) is 6.39. The summed E-state index contributed by atoms with van der Waals surface area (Å²) in [6.45, 7) is 4.14. The molecule has 0 bridgehead atoms. The molecule has 168 valence electrons. The third-order valence-electron chi connectivity index (χ3n) is 6.46. The third kappa shape index (κ3) is 4.04. The minimum absolute atomic E-state index is 0.0705. The monoisotopic (exact) mass is 441 g/mol. The predicted molar refractivity (Wildman–Crippen MR) is 129 cm³/mol. The van der Waals surface area contributed by atoms with Crippen LogP contribution in [0.1, 0.15) is 42.2 Å². The van der Waals surface area contributed by atoms with Crippen molar-refractivity contribution in [3.8, 4) is 0 Å². The average Bonchev–Trinajstić information content (AvgIpc) is 3.28. The first-order valence-corrected chi connectivity index (χ1v) is 11.3. The molecule has 1 aromatic heterocycles. The molecule has 2 aromatic carbocycles. The van der Waals surface area contributed by atoms with Crippen molar-refractivity contribution in [3.05, 3.63) is 89.0 Å². The maximum Gasteiger partial charge on any atom is 0.243 e. The molecule has 0 fully saturated rings. The molecular weight excluding hydrogens is 414 g/mol. The van der Waals surface area contributed by atoms with Gasteiger partial charge < -0.3 is 20.0 Å². The second-order valence-corrected chi connectivity index (χ2v) is 8.70. The lowest BCUT2D eigenvalue weighted by molar-refractivity contribution is -0.117. The Hall–Kier alpha value is -3.80. The largest absolute Gasteiger partial charge is 0.467 e. The highest BCUT2D eigenvalue weighted by Crippen LogP contribution is 2.44. The van der Waals surface area contributed by atoms with Crippen LogP contribution in [0.4, 0.5) is 17.1 Å². The zero-order valence-corrected chi connectivity index (χ0v) is 18.9. The average molecular weight is 442 g/mol. The van der Waals surface area contributed by atoms with Crippen molar-refractivity contribution in [2.75, 3.05) is 22.1 Å². The first-order valence-electron chi connectivity index (χ1n) is 11.3. The number of Topliss-reactive ketones (excluding diaryl/α,β-unsaturated/α-hetero) is 1. The minimum atomic E-state index is -0.482. The van der Waals surface area contributed by atoms with E-state index in [2.05, 4.69) is 10.6 Å². The summed E-state index contributed by atoms with van der Waals surface area (Å²) in [5, 5.41) is 6.52. The summed E-state index contributed by atoms with van der Waals surface area (Å²) in [4.78, 5) is 28.4. The number of hydrogen-bond donors (Lipinski definition) is 2. The summed E-state index contributed by atoms with van der Waals surface area (Å²) < 4.78 is 5.81. The first-order chi connectivity index (χ1) is 16.0. The molecule has 6 heteroatoms.